The van der Waals surface area contributed by atoms with Gasteiger partial charge in [-0.1, -0.05) is 48.5 Å². The van der Waals surface area contributed by atoms with Gasteiger partial charge in [-0.25, -0.2) is 0 Å². The van der Waals surface area contributed by atoms with Crippen LogP contribution in [0.1, 0.15) is 15.9 Å². The van der Waals surface area contributed by atoms with Crippen LogP contribution < -0.4 is 15.4 Å². The van der Waals surface area contributed by atoms with Gasteiger partial charge in [-0.3, -0.25) is 10.1 Å². The topological polar surface area (TPSA) is 50.4 Å². The number of ether oxygens (including phenoxy) is 1. The lowest BCUT2D eigenvalue weighted by Crippen LogP contribution is -2.34. The first-order valence-electron chi connectivity index (χ1n) is 8.76. The minimum Gasteiger partial charge on any atom is -0.434 e. The summed E-state index contributed by atoms with van der Waals surface area (Å²) in [4.78, 5) is 12.4. The van der Waals surface area contributed by atoms with Crippen LogP contribution in [0.25, 0.3) is 11.1 Å². The highest BCUT2D eigenvalue weighted by atomic mass is 32.1. The van der Waals surface area contributed by atoms with Gasteiger partial charge in [-0.2, -0.15) is 8.78 Å². The Morgan fingerprint density at radius 1 is 1.00 bits per heavy atom. The first-order valence-corrected chi connectivity index (χ1v) is 9.17. The van der Waals surface area contributed by atoms with E-state index in [4.69, 9.17) is 12.2 Å². The van der Waals surface area contributed by atoms with Gasteiger partial charge in [-0.05, 0) is 54.5 Å². The summed E-state index contributed by atoms with van der Waals surface area (Å²) < 4.78 is 30.1. The molecule has 0 atom stereocenters. The van der Waals surface area contributed by atoms with Crippen LogP contribution in [-0.2, 0) is 0 Å². The number of aryl methyl sites for hydroxylation is 1. The molecule has 3 aromatic carbocycles. The third kappa shape index (κ3) is 5.36. The number of alkyl halides is 2. The Hall–Kier alpha value is -3.32. The molecular formula is C22H18F2N2O2S. The standard InChI is InChI=1S/C22H18F2N2O2S/c1-14-7-5-6-10-17(14)20(27)26-22(29)25-16-11-12-19(28-21(23)24)18(13-16)15-8-3-2-4-9-15/h2-13,21H,1H3,(H2,25,26,27,29). The Kier molecular flexibility index (Phi) is 6.51. The first kappa shape index (κ1) is 20.4. The van der Waals surface area contributed by atoms with E-state index in [1.807, 2.05) is 25.1 Å². The third-order valence-corrected chi connectivity index (χ3v) is 4.36. The van der Waals surface area contributed by atoms with Crippen molar-refractivity contribution in [1.82, 2.24) is 5.32 Å². The molecule has 4 nitrogen and oxygen atoms in total. The molecule has 0 heterocycles. The Morgan fingerprint density at radius 3 is 2.38 bits per heavy atom. The summed E-state index contributed by atoms with van der Waals surface area (Å²) in [5.74, 6) is -0.284. The number of halogens is 2. The number of rotatable bonds is 5. The summed E-state index contributed by atoms with van der Waals surface area (Å²) in [5.41, 5.74) is 3.06. The first-order chi connectivity index (χ1) is 13.9. The molecule has 2 N–H and O–H groups in total. The van der Waals surface area contributed by atoms with E-state index in [1.54, 1.807) is 48.5 Å². The highest BCUT2D eigenvalue weighted by molar-refractivity contribution is 7.80. The number of hydrogen-bond acceptors (Lipinski definition) is 3. The van der Waals surface area contributed by atoms with Crippen molar-refractivity contribution in [3.8, 4) is 16.9 Å². The van der Waals surface area contributed by atoms with Crippen molar-refractivity contribution in [2.75, 3.05) is 5.32 Å². The van der Waals surface area contributed by atoms with Crippen molar-refractivity contribution < 1.29 is 18.3 Å². The summed E-state index contributed by atoms with van der Waals surface area (Å²) in [7, 11) is 0. The second-order valence-electron chi connectivity index (χ2n) is 6.18. The van der Waals surface area contributed by atoms with E-state index < -0.39 is 6.61 Å². The van der Waals surface area contributed by atoms with E-state index in [0.29, 0.717) is 22.4 Å². The summed E-state index contributed by atoms with van der Waals surface area (Å²) in [5, 5.41) is 5.63. The molecule has 0 saturated carbocycles. The molecule has 0 aliphatic carbocycles. The Morgan fingerprint density at radius 2 is 1.69 bits per heavy atom. The molecule has 148 valence electrons. The second-order valence-corrected chi connectivity index (χ2v) is 6.59. The average molecular weight is 412 g/mol. The monoisotopic (exact) mass is 412 g/mol. The largest absolute Gasteiger partial charge is 0.434 e. The number of nitrogens with one attached hydrogen (secondary N) is 2. The quantitative estimate of drug-likeness (QED) is 0.552. The zero-order valence-corrected chi connectivity index (χ0v) is 16.3. The predicted molar refractivity (Wildman–Crippen MR) is 113 cm³/mol. The molecule has 1 amide bonds. The lowest BCUT2D eigenvalue weighted by atomic mass is 10.0. The summed E-state index contributed by atoms with van der Waals surface area (Å²) >= 11 is 5.22. The van der Waals surface area contributed by atoms with E-state index in [0.717, 1.165) is 5.56 Å². The van der Waals surface area contributed by atoms with Crippen LogP contribution in [0.5, 0.6) is 5.75 Å². The van der Waals surface area contributed by atoms with E-state index in [9.17, 15) is 13.6 Å². The van der Waals surface area contributed by atoms with Crippen molar-refractivity contribution >= 4 is 28.9 Å². The van der Waals surface area contributed by atoms with Crippen molar-refractivity contribution in [3.63, 3.8) is 0 Å². The summed E-state index contributed by atoms with van der Waals surface area (Å²) in [6, 6.07) is 20.8. The fraction of sp³-hybridized carbons (Fsp3) is 0.0909. The SMILES string of the molecule is Cc1ccccc1C(=O)NC(=S)Nc1ccc(OC(F)F)c(-c2ccccc2)c1. The molecular weight excluding hydrogens is 394 g/mol. The van der Waals surface area contributed by atoms with Gasteiger partial charge in [0.05, 0.1) is 0 Å². The zero-order chi connectivity index (χ0) is 20.8. The number of benzene rings is 3. The maximum atomic E-state index is 12.8. The smallest absolute Gasteiger partial charge is 0.387 e. The highest BCUT2D eigenvalue weighted by Gasteiger charge is 2.14. The predicted octanol–water partition coefficient (Wildman–Crippen LogP) is 5.39. The van der Waals surface area contributed by atoms with E-state index in [-0.39, 0.29) is 16.8 Å². The van der Waals surface area contributed by atoms with Crippen LogP contribution in [0, 0.1) is 6.92 Å². The van der Waals surface area contributed by atoms with Gasteiger partial charge >= 0.3 is 6.61 Å². The number of thiocarbonyl (C=S) groups is 1. The molecule has 0 unspecified atom stereocenters. The molecule has 0 aliphatic heterocycles. The van der Waals surface area contributed by atoms with E-state index in [2.05, 4.69) is 15.4 Å². The fourth-order valence-corrected chi connectivity index (χ4v) is 3.02. The summed E-state index contributed by atoms with van der Waals surface area (Å²) in [6.45, 7) is -1.11. The molecule has 0 spiro atoms. The van der Waals surface area contributed by atoms with Gasteiger partial charge in [0.25, 0.3) is 5.91 Å². The Labute approximate surface area is 172 Å². The maximum absolute atomic E-state index is 12.8. The molecule has 7 heteroatoms. The molecule has 3 aromatic rings. The van der Waals surface area contributed by atoms with Crippen LogP contribution in [0.15, 0.2) is 72.8 Å². The van der Waals surface area contributed by atoms with Crippen LogP contribution >= 0.6 is 12.2 Å². The van der Waals surface area contributed by atoms with Gasteiger partial charge in [0.2, 0.25) is 0 Å². The minimum atomic E-state index is -2.94. The molecule has 0 aromatic heterocycles. The van der Waals surface area contributed by atoms with Crippen molar-refractivity contribution in [2.45, 2.75) is 13.5 Å². The van der Waals surface area contributed by atoms with Crippen molar-refractivity contribution in [1.29, 1.82) is 0 Å². The molecule has 3 rings (SSSR count). The van der Waals surface area contributed by atoms with E-state index >= 15 is 0 Å². The maximum Gasteiger partial charge on any atom is 0.387 e. The molecule has 29 heavy (non-hydrogen) atoms. The van der Waals surface area contributed by atoms with Gasteiger partial charge < -0.3 is 10.1 Å². The third-order valence-electron chi connectivity index (χ3n) is 4.16. The van der Waals surface area contributed by atoms with Gasteiger partial charge in [0.15, 0.2) is 5.11 Å². The van der Waals surface area contributed by atoms with Gasteiger partial charge in [0.1, 0.15) is 5.75 Å². The van der Waals surface area contributed by atoms with Crippen LogP contribution in [0.3, 0.4) is 0 Å². The molecule has 0 bridgehead atoms. The molecule has 0 aliphatic rings. The molecule has 0 fully saturated rings. The van der Waals surface area contributed by atoms with Crippen molar-refractivity contribution in [2.24, 2.45) is 0 Å². The summed E-state index contributed by atoms with van der Waals surface area (Å²) in [6.07, 6.45) is 0. The normalized spacial score (nSPS) is 10.5. The van der Waals surface area contributed by atoms with Crippen LogP contribution in [0.4, 0.5) is 14.5 Å². The number of carbonyl (C=O) groups excluding carboxylic acids is 1. The molecule has 0 radical (unpaired) electrons. The average Bonchev–Trinajstić information content (AvgIpc) is 2.69. The van der Waals surface area contributed by atoms with Gasteiger partial charge in [0, 0.05) is 16.8 Å². The van der Waals surface area contributed by atoms with Crippen LogP contribution in [0.2, 0.25) is 0 Å². The number of amides is 1. The Bertz CT molecular complexity index is 1030. The lowest BCUT2D eigenvalue weighted by Gasteiger charge is -2.15. The highest BCUT2D eigenvalue weighted by Crippen LogP contribution is 2.33. The number of anilines is 1. The van der Waals surface area contributed by atoms with Gasteiger partial charge in [-0.15, -0.1) is 0 Å². The zero-order valence-electron chi connectivity index (χ0n) is 15.5. The second kappa shape index (κ2) is 9.25. The van der Waals surface area contributed by atoms with E-state index in [1.165, 1.54) is 6.07 Å². The fourth-order valence-electron chi connectivity index (χ4n) is 2.81. The lowest BCUT2D eigenvalue weighted by molar-refractivity contribution is -0.0494. The number of hydrogen-bond donors (Lipinski definition) is 2. The Balaban J connectivity index is 1.79. The number of carbonyl (C=O) groups is 1. The van der Waals surface area contributed by atoms with Crippen molar-refractivity contribution in [3.05, 3.63) is 83.9 Å². The van der Waals surface area contributed by atoms with Crippen LogP contribution in [-0.4, -0.2) is 17.6 Å². The minimum absolute atomic E-state index is 0.0478. The molecule has 0 saturated heterocycles.